The van der Waals surface area contributed by atoms with E-state index in [1.165, 1.54) is 10.5 Å². The Morgan fingerprint density at radius 2 is 2.00 bits per heavy atom. The van der Waals surface area contributed by atoms with Crippen molar-refractivity contribution in [2.75, 3.05) is 20.0 Å². The summed E-state index contributed by atoms with van der Waals surface area (Å²) >= 11 is 1.64. The zero-order valence-electron chi connectivity index (χ0n) is 15.7. The molecular weight excluding hydrogens is 350 g/mol. The molecule has 3 rings (SSSR count). The molecule has 1 atom stereocenters. The van der Waals surface area contributed by atoms with Crippen molar-refractivity contribution < 1.29 is 19.4 Å². The Morgan fingerprint density at radius 1 is 1.27 bits per heavy atom. The summed E-state index contributed by atoms with van der Waals surface area (Å²) in [6.07, 6.45) is 2.62. The Kier molecular flexibility index (Phi) is 5.32. The number of hydrogen-bond donors (Lipinski definition) is 1. The van der Waals surface area contributed by atoms with Gasteiger partial charge in [0.15, 0.2) is 17.5 Å². The molecule has 1 aromatic rings. The SMILES string of the molecule is COc1ccc(CC2=C3SCC(C(=O)O)N=C3CC(C)(C)C2)cc1OC. The van der Waals surface area contributed by atoms with Gasteiger partial charge in [-0.3, -0.25) is 4.99 Å². The van der Waals surface area contributed by atoms with Gasteiger partial charge in [0.2, 0.25) is 0 Å². The Hall–Kier alpha value is -1.95. The number of carbonyl (C=O) groups is 1. The van der Waals surface area contributed by atoms with Gasteiger partial charge in [-0.05, 0) is 47.9 Å². The summed E-state index contributed by atoms with van der Waals surface area (Å²) in [7, 11) is 3.27. The molecule has 0 bridgehead atoms. The minimum absolute atomic E-state index is 0.0785. The number of ether oxygens (including phenoxy) is 2. The van der Waals surface area contributed by atoms with Gasteiger partial charge in [-0.15, -0.1) is 11.8 Å². The summed E-state index contributed by atoms with van der Waals surface area (Å²) in [4.78, 5) is 17.1. The van der Waals surface area contributed by atoms with Gasteiger partial charge in [0.1, 0.15) is 0 Å². The number of carboxylic acids is 1. The lowest BCUT2D eigenvalue weighted by Gasteiger charge is -2.36. The molecule has 6 heteroatoms. The lowest BCUT2D eigenvalue weighted by molar-refractivity contribution is -0.137. The van der Waals surface area contributed by atoms with Crippen LogP contribution in [0.25, 0.3) is 0 Å². The van der Waals surface area contributed by atoms with E-state index >= 15 is 0 Å². The molecule has 5 nitrogen and oxygen atoms in total. The standard InChI is InChI=1S/C20H25NO4S/c1-20(2)9-13(7-12-5-6-16(24-3)17(8-12)25-4)18-14(10-20)21-15(11-26-18)19(22)23/h5-6,8,15H,7,9-11H2,1-4H3,(H,22,23). The van der Waals surface area contributed by atoms with Crippen LogP contribution >= 0.6 is 11.8 Å². The van der Waals surface area contributed by atoms with Crippen LogP contribution in [0.4, 0.5) is 0 Å². The number of nitrogens with zero attached hydrogens (tertiary/aromatic N) is 1. The van der Waals surface area contributed by atoms with E-state index in [0.717, 1.165) is 42.0 Å². The van der Waals surface area contributed by atoms with Gasteiger partial charge in [-0.25, -0.2) is 4.79 Å². The Bertz CT molecular complexity index is 782. The maximum absolute atomic E-state index is 11.3. The average molecular weight is 375 g/mol. The van der Waals surface area contributed by atoms with Crippen LogP contribution in [0.5, 0.6) is 11.5 Å². The molecule has 0 amide bonds. The highest BCUT2D eigenvalue weighted by molar-refractivity contribution is 8.04. The number of fused-ring (bicyclic) bond motifs is 1. The van der Waals surface area contributed by atoms with E-state index in [0.29, 0.717) is 5.75 Å². The highest BCUT2D eigenvalue weighted by atomic mass is 32.2. The normalized spacial score (nSPS) is 21.7. The molecule has 2 aliphatic rings. The van der Waals surface area contributed by atoms with Crippen LogP contribution in [-0.2, 0) is 11.2 Å². The molecule has 0 spiro atoms. The smallest absolute Gasteiger partial charge is 0.329 e. The van der Waals surface area contributed by atoms with E-state index in [1.807, 2.05) is 12.1 Å². The van der Waals surface area contributed by atoms with E-state index in [-0.39, 0.29) is 5.41 Å². The van der Waals surface area contributed by atoms with E-state index < -0.39 is 12.0 Å². The molecule has 0 saturated heterocycles. The number of allylic oxidation sites excluding steroid dienone is 2. The third-order valence-corrected chi connectivity index (χ3v) is 6.06. The number of aliphatic carboxylic acids is 1. The molecule has 140 valence electrons. The first-order chi connectivity index (χ1) is 12.3. The number of methoxy groups -OCH3 is 2. The second kappa shape index (κ2) is 7.35. The van der Waals surface area contributed by atoms with Crippen LogP contribution in [0.15, 0.2) is 33.7 Å². The molecule has 0 aromatic heterocycles. The number of carboxylic acid groups (broad SMARTS) is 1. The molecule has 1 aliphatic carbocycles. The summed E-state index contributed by atoms with van der Waals surface area (Å²) < 4.78 is 10.7. The minimum Gasteiger partial charge on any atom is -0.493 e. The van der Waals surface area contributed by atoms with Gasteiger partial charge in [0.25, 0.3) is 0 Å². The van der Waals surface area contributed by atoms with Crippen molar-refractivity contribution in [3.63, 3.8) is 0 Å². The molecule has 1 aliphatic heterocycles. The van der Waals surface area contributed by atoms with Gasteiger partial charge in [-0.2, -0.15) is 0 Å². The van der Waals surface area contributed by atoms with E-state index in [1.54, 1.807) is 26.0 Å². The first-order valence-electron chi connectivity index (χ1n) is 8.68. The first kappa shape index (κ1) is 18.8. The fraction of sp³-hybridized carbons (Fsp3) is 0.500. The number of hydrogen-bond acceptors (Lipinski definition) is 5. The molecule has 0 radical (unpaired) electrons. The third kappa shape index (κ3) is 3.90. The monoisotopic (exact) mass is 375 g/mol. The second-order valence-corrected chi connectivity index (χ2v) is 8.59. The summed E-state index contributed by atoms with van der Waals surface area (Å²) in [5, 5.41) is 9.30. The van der Waals surface area contributed by atoms with Crippen molar-refractivity contribution in [3.8, 4) is 11.5 Å². The quantitative estimate of drug-likeness (QED) is 0.844. The van der Waals surface area contributed by atoms with Crippen LogP contribution in [0, 0.1) is 5.41 Å². The van der Waals surface area contributed by atoms with Gasteiger partial charge in [0, 0.05) is 16.4 Å². The van der Waals surface area contributed by atoms with E-state index in [2.05, 4.69) is 24.9 Å². The maximum Gasteiger partial charge on any atom is 0.329 e. The van der Waals surface area contributed by atoms with Gasteiger partial charge >= 0.3 is 5.97 Å². The number of benzene rings is 1. The maximum atomic E-state index is 11.3. The van der Waals surface area contributed by atoms with Gasteiger partial charge < -0.3 is 14.6 Å². The Labute approximate surface area is 158 Å². The molecule has 0 fully saturated rings. The number of thioether (sulfide) groups is 1. The fourth-order valence-corrected chi connectivity index (χ4v) is 4.82. The largest absolute Gasteiger partial charge is 0.493 e. The zero-order valence-corrected chi connectivity index (χ0v) is 16.5. The Balaban J connectivity index is 1.95. The third-order valence-electron chi connectivity index (χ3n) is 4.77. The van der Waals surface area contributed by atoms with E-state index in [9.17, 15) is 9.90 Å². The summed E-state index contributed by atoms with van der Waals surface area (Å²) in [5.74, 6) is 1.11. The lowest BCUT2D eigenvalue weighted by atomic mass is 9.75. The van der Waals surface area contributed by atoms with Crippen molar-refractivity contribution >= 4 is 23.4 Å². The minimum atomic E-state index is -0.839. The van der Waals surface area contributed by atoms with Crippen molar-refractivity contribution in [2.45, 2.75) is 39.2 Å². The highest BCUT2D eigenvalue weighted by Crippen LogP contribution is 2.44. The molecule has 1 unspecified atom stereocenters. The number of rotatable bonds is 5. The predicted molar refractivity (Wildman–Crippen MR) is 105 cm³/mol. The molecule has 1 aromatic carbocycles. The van der Waals surface area contributed by atoms with Crippen LogP contribution in [-0.4, -0.2) is 42.8 Å². The summed E-state index contributed by atoms with van der Waals surface area (Å²) in [5.41, 5.74) is 3.53. The fourth-order valence-electron chi connectivity index (χ4n) is 3.64. The molecule has 1 heterocycles. The van der Waals surface area contributed by atoms with E-state index in [4.69, 9.17) is 9.47 Å². The van der Waals surface area contributed by atoms with Crippen molar-refractivity contribution in [3.05, 3.63) is 34.2 Å². The van der Waals surface area contributed by atoms with Crippen molar-refractivity contribution in [1.29, 1.82) is 0 Å². The van der Waals surface area contributed by atoms with Gasteiger partial charge in [0.05, 0.1) is 14.2 Å². The average Bonchev–Trinajstić information content (AvgIpc) is 2.60. The highest BCUT2D eigenvalue weighted by Gasteiger charge is 2.35. The molecule has 0 saturated carbocycles. The zero-order chi connectivity index (χ0) is 18.9. The van der Waals surface area contributed by atoms with Crippen molar-refractivity contribution in [1.82, 2.24) is 0 Å². The first-order valence-corrected chi connectivity index (χ1v) is 9.67. The van der Waals surface area contributed by atoms with Crippen LogP contribution in [0.2, 0.25) is 0 Å². The number of aliphatic imine (C=N–C) groups is 1. The molecular formula is C20H25NO4S. The van der Waals surface area contributed by atoms with Crippen LogP contribution in [0.3, 0.4) is 0 Å². The summed E-state index contributed by atoms with van der Waals surface area (Å²) in [6.45, 7) is 4.44. The van der Waals surface area contributed by atoms with Gasteiger partial charge in [-0.1, -0.05) is 19.9 Å². The van der Waals surface area contributed by atoms with Crippen LogP contribution in [0.1, 0.15) is 32.3 Å². The Morgan fingerprint density at radius 3 is 2.65 bits per heavy atom. The van der Waals surface area contributed by atoms with Crippen LogP contribution < -0.4 is 9.47 Å². The summed E-state index contributed by atoms with van der Waals surface area (Å²) in [6, 6.07) is 5.37. The predicted octanol–water partition coefficient (Wildman–Crippen LogP) is 3.96. The van der Waals surface area contributed by atoms with Crippen molar-refractivity contribution in [2.24, 2.45) is 10.4 Å². The molecule has 26 heavy (non-hydrogen) atoms. The topological polar surface area (TPSA) is 68.1 Å². The molecule has 1 N–H and O–H groups in total. The second-order valence-electron chi connectivity index (χ2n) is 7.56. The lowest BCUT2D eigenvalue weighted by Crippen LogP contribution is -2.33.